The van der Waals surface area contributed by atoms with Crippen LogP contribution in [0.15, 0.2) is 25.3 Å². The molecule has 2 fully saturated rings. The first-order valence-electron chi connectivity index (χ1n) is 8.82. The maximum absolute atomic E-state index is 9.69. The van der Waals surface area contributed by atoms with Crippen LogP contribution in [0.4, 0.5) is 0 Å². The second-order valence-corrected chi connectivity index (χ2v) is 8.59. The van der Waals surface area contributed by atoms with E-state index in [0.717, 1.165) is 25.7 Å². The zero-order valence-corrected chi connectivity index (χ0v) is 16.3. The van der Waals surface area contributed by atoms with E-state index in [9.17, 15) is 10.2 Å². The fourth-order valence-electron chi connectivity index (χ4n) is 3.14. The van der Waals surface area contributed by atoms with E-state index in [0.29, 0.717) is 0 Å². The molecule has 0 spiro atoms. The van der Waals surface area contributed by atoms with Crippen molar-refractivity contribution in [3.05, 3.63) is 25.3 Å². The van der Waals surface area contributed by atoms with E-state index >= 15 is 0 Å². The Morgan fingerprint density at radius 1 is 1.00 bits per heavy atom. The van der Waals surface area contributed by atoms with Crippen LogP contribution >= 0.6 is 0 Å². The lowest BCUT2D eigenvalue weighted by Gasteiger charge is -2.44. The molecule has 2 N–H and O–H groups in total. The lowest BCUT2D eigenvalue weighted by molar-refractivity contribution is -0.195. The van der Waals surface area contributed by atoms with Gasteiger partial charge < -0.3 is 19.7 Å². The third-order valence-electron chi connectivity index (χ3n) is 5.18. The number of hydrogen-bond donors (Lipinski definition) is 2. The lowest BCUT2D eigenvalue weighted by Crippen LogP contribution is -2.51. The van der Waals surface area contributed by atoms with E-state index in [1.165, 1.54) is 0 Å². The van der Waals surface area contributed by atoms with E-state index in [1.54, 1.807) is 13.8 Å². The highest BCUT2D eigenvalue weighted by molar-refractivity contribution is 5.02. The minimum Gasteiger partial charge on any atom is -0.390 e. The Bertz CT molecular complexity index is 451. The molecule has 2 heterocycles. The Morgan fingerprint density at radius 3 is 1.83 bits per heavy atom. The highest BCUT2D eigenvalue weighted by Gasteiger charge is 2.41. The van der Waals surface area contributed by atoms with E-state index < -0.39 is 11.2 Å². The van der Waals surface area contributed by atoms with E-state index in [4.69, 9.17) is 9.47 Å². The van der Waals surface area contributed by atoms with Gasteiger partial charge >= 0.3 is 0 Å². The second kappa shape index (κ2) is 7.28. The molecule has 0 amide bonds. The Hall–Kier alpha value is -0.680. The molecule has 0 aromatic heterocycles. The van der Waals surface area contributed by atoms with Crippen LogP contribution in [-0.2, 0) is 9.47 Å². The normalized spacial score (nSPS) is 38.8. The summed E-state index contributed by atoms with van der Waals surface area (Å²) >= 11 is 0. The minimum atomic E-state index is -0.735. The highest BCUT2D eigenvalue weighted by atomic mass is 16.5. The zero-order chi connectivity index (χ0) is 18.8. The lowest BCUT2D eigenvalue weighted by atomic mass is 9.86. The molecular weight excluding hydrogens is 304 g/mol. The maximum Gasteiger partial charge on any atom is 0.0895 e. The molecule has 2 saturated heterocycles. The first kappa shape index (κ1) is 21.4. The van der Waals surface area contributed by atoms with Crippen molar-refractivity contribution in [1.82, 2.24) is 0 Å². The molecule has 0 aromatic rings. The quantitative estimate of drug-likeness (QED) is 0.768. The molecule has 4 heteroatoms. The molecule has 24 heavy (non-hydrogen) atoms. The summed E-state index contributed by atoms with van der Waals surface area (Å²) < 4.78 is 11.4. The van der Waals surface area contributed by atoms with E-state index in [-0.39, 0.29) is 23.4 Å². The van der Waals surface area contributed by atoms with Crippen molar-refractivity contribution in [1.29, 1.82) is 0 Å². The third kappa shape index (κ3) is 5.41. The van der Waals surface area contributed by atoms with Gasteiger partial charge in [0.2, 0.25) is 0 Å². The standard InChI is InChI=1S/2C10H18O2/c1-5-10(4)7-6-8(12-10)9(2,3)11;1-5-10(4)7-6-8(11)9(2,3)12-10/h2*5,8,11H,1,6-7H2,2-4H3. The van der Waals surface area contributed by atoms with Crippen molar-refractivity contribution in [2.45, 2.75) is 102 Å². The van der Waals surface area contributed by atoms with Gasteiger partial charge in [-0.15, -0.1) is 13.2 Å². The SMILES string of the molecule is C=CC1(C)CCC(C(C)(C)O)O1.C=CC1(C)CCC(O)C(C)(C)O1. The summed E-state index contributed by atoms with van der Waals surface area (Å²) in [7, 11) is 0. The van der Waals surface area contributed by atoms with Crippen LogP contribution < -0.4 is 0 Å². The molecule has 0 aliphatic carbocycles. The summed E-state index contributed by atoms with van der Waals surface area (Å²) in [5, 5.41) is 19.3. The summed E-state index contributed by atoms with van der Waals surface area (Å²) in [4.78, 5) is 0. The van der Waals surface area contributed by atoms with Gasteiger partial charge in [-0.3, -0.25) is 0 Å². The van der Waals surface area contributed by atoms with Crippen LogP contribution in [0.25, 0.3) is 0 Å². The second-order valence-electron chi connectivity index (χ2n) is 8.59. The summed E-state index contributed by atoms with van der Waals surface area (Å²) in [6.07, 6.45) is 6.72. The Labute approximate surface area is 147 Å². The van der Waals surface area contributed by atoms with Crippen molar-refractivity contribution >= 4 is 0 Å². The summed E-state index contributed by atoms with van der Waals surface area (Å²) in [5.74, 6) is 0. The predicted molar refractivity (Wildman–Crippen MR) is 98.0 cm³/mol. The predicted octanol–water partition coefficient (Wildman–Crippen LogP) is 3.76. The van der Waals surface area contributed by atoms with Crippen molar-refractivity contribution < 1.29 is 19.7 Å². The molecular formula is C20H36O4. The number of aliphatic hydroxyl groups is 2. The fraction of sp³-hybridized carbons (Fsp3) is 0.800. The fourth-order valence-corrected chi connectivity index (χ4v) is 3.14. The van der Waals surface area contributed by atoms with Gasteiger partial charge in [0.25, 0.3) is 0 Å². The molecule has 2 aliphatic heterocycles. The van der Waals surface area contributed by atoms with Gasteiger partial charge in [0.1, 0.15) is 0 Å². The molecule has 0 aromatic carbocycles. The molecule has 0 saturated carbocycles. The van der Waals surface area contributed by atoms with Crippen molar-refractivity contribution in [2.75, 3.05) is 0 Å². The number of hydrogen-bond acceptors (Lipinski definition) is 4. The molecule has 2 rings (SSSR count). The highest BCUT2D eigenvalue weighted by Crippen LogP contribution is 2.36. The van der Waals surface area contributed by atoms with Gasteiger partial charge in [-0.1, -0.05) is 12.2 Å². The van der Waals surface area contributed by atoms with Gasteiger partial charge in [0.15, 0.2) is 0 Å². The molecule has 4 unspecified atom stereocenters. The average molecular weight is 341 g/mol. The summed E-state index contributed by atoms with van der Waals surface area (Å²) in [6, 6.07) is 0. The van der Waals surface area contributed by atoms with Gasteiger partial charge in [0.05, 0.1) is 34.6 Å². The van der Waals surface area contributed by atoms with Gasteiger partial charge in [-0.2, -0.15) is 0 Å². The van der Waals surface area contributed by atoms with Gasteiger partial charge in [-0.05, 0) is 67.2 Å². The Morgan fingerprint density at radius 2 is 1.50 bits per heavy atom. The summed E-state index contributed by atoms with van der Waals surface area (Å²) in [6.45, 7) is 18.9. The van der Waals surface area contributed by atoms with Crippen molar-refractivity contribution in [2.24, 2.45) is 0 Å². The van der Waals surface area contributed by atoms with Crippen LogP contribution in [0.1, 0.15) is 67.2 Å². The van der Waals surface area contributed by atoms with Crippen LogP contribution in [0.5, 0.6) is 0 Å². The molecule has 140 valence electrons. The summed E-state index contributed by atoms with van der Waals surface area (Å²) in [5.41, 5.74) is -1.67. The Kier molecular flexibility index (Phi) is 6.48. The Balaban J connectivity index is 0.000000240. The smallest absolute Gasteiger partial charge is 0.0895 e. The molecule has 2 aliphatic rings. The average Bonchev–Trinajstić information content (AvgIpc) is 2.87. The first-order chi connectivity index (χ1) is 10.8. The van der Waals surface area contributed by atoms with Crippen molar-refractivity contribution in [3.63, 3.8) is 0 Å². The first-order valence-corrected chi connectivity index (χ1v) is 8.82. The van der Waals surface area contributed by atoms with Crippen LogP contribution in [0, 0.1) is 0 Å². The number of rotatable bonds is 3. The number of ether oxygens (including phenoxy) is 2. The van der Waals surface area contributed by atoms with E-state index in [1.807, 2.05) is 39.8 Å². The van der Waals surface area contributed by atoms with Crippen LogP contribution in [-0.4, -0.2) is 44.8 Å². The van der Waals surface area contributed by atoms with Gasteiger partial charge in [0, 0.05) is 0 Å². The minimum absolute atomic E-state index is 0.0551. The van der Waals surface area contributed by atoms with E-state index in [2.05, 4.69) is 13.2 Å². The topological polar surface area (TPSA) is 58.9 Å². The molecule has 4 nitrogen and oxygen atoms in total. The monoisotopic (exact) mass is 340 g/mol. The van der Waals surface area contributed by atoms with Gasteiger partial charge in [-0.25, -0.2) is 0 Å². The van der Waals surface area contributed by atoms with Crippen LogP contribution in [0.2, 0.25) is 0 Å². The third-order valence-corrected chi connectivity index (χ3v) is 5.18. The molecule has 0 bridgehead atoms. The van der Waals surface area contributed by atoms with Crippen molar-refractivity contribution in [3.8, 4) is 0 Å². The number of aliphatic hydroxyl groups excluding tert-OH is 1. The zero-order valence-electron chi connectivity index (χ0n) is 16.3. The molecule has 0 radical (unpaired) electrons. The van der Waals surface area contributed by atoms with Crippen LogP contribution in [0.3, 0.4) is 0 Å². The largest absolute Gasteiger partial charge is 0.390 e. The molecule has 4 atom stereocenters. The maximum atomic E-state index is 9.69.